The predicted octanol–water partition coefficient (Wildman–Crippen LogP) is 3.14. The summed E-state index contributed by atoms with van der Waals surface area (Å²) in [5, 5.41) is 0. The first-order valence-corrected chi connectivity index (χ1v) is 7.61. The first-order chi connectivity index (χ1) is 7.63. The summed E-state index contributed by atoms with van der Waals surface area (Å²) in [6.45, 7) is 1.69. The molecule has 16 heavy (non-hydrogen) atoms. The van der Waals surface area contributed by atoms with Crippen molar-refractivity contribution in [2.75, 3.05) is 5.75 Å². The summed E-state index contributed by atoms with van der Waals surface area (Å²) in [7, 11) is -3.05. The standard InChI is InChI=1S/C13H18O2S/c1-2-16(14,15)13-9-5-8-12(10-13)11-6-3-4-7-11/h5,8-11H,2-4,6-7H2,1H3. The summed E-state index contributed by atoms with van der Waals surface area (Å²) in [4.78, 5) is 0.486. The molecule has 88 valence electrons. The molecule has 1 fully saturated rings. The van der Waals surface area contributed by atoms with Gasteiger partial charge in [-0.25, -0.2) is 8.42 Å². The van der Waals surface area contributed by atoms with Crippen LogP contribution in [-0.4, -0.2) is 14.2 Å². The monoisotopic (exact) mass is 238 g/mol. The van der Waals surface area contributed by atoms with Crippen molar-refractivity contribution in [2.45, 2.75) is 43.4 Å². The van der Waals surface area contributed by atoms with Crippen LogP contribution in [0.15, 0.2) is 29.2 Å². The van der Waals surface area contributed by atoms with Crippen LogP contribution in [0.5, 0.6) is 0 Å². The minimum absolute atomic E-state index is 0.182. The molecule has 0 radical (unpaired) electrons. The Morgan fingerprint density at radius 2 is 1.94 bits per heavy atom. The zero-order valence-electron chi connectivity index (χ0n) is 9.65. The Bertz CT molecular complexity index is 457. The molecule has 0 amide bonds. The lowest BCUT2D eigenvalue weighted by atomic mass is 9.98. The van der Waals surface area contributed by atoms with E-state index in [9.17, 15) is 8.42 Å². The fraction of sp³-hybridized carbons (Fsp3) is 0.538. The van der Waals surface area contributed by atoms with Crippen LogP contribution in [0.2, 0.25) is 0 Å². The van der Waals surface area contributed by atoms with Crippen molar-refractivity contribution in [1.29, 1.82) is 0 Å². The van der Waals surface area contributed by atoms with E-state index in [1.54, 1.807) is 13.0 Å². The maximum atomic E-state index is 11.8. The van der Waals surface area contributed by atoms with Gasteiger partial charge < -0.3 is 0 Å². The highest BCUT2D eigenvalue weighted by atomic mass is 32.2. The third-order valence-corrected chi connectivity index (χ3v) is 5.16. The fourth-order valence-corrected chi connectivity index (χ4v) is 3.32. The molecule has 1 aliphatic carbocycles. The van der Waals surface area contributed by atoms with Gasteiger partial charge in [-0.3, -0.25) is 0 Å². The van der Waals surface area contributed by atoms with Gasteiger partial charge in [0.05, 0.1) is 10.6 Å². The first kappa shape index (κ1) is 11.6. The Morgan fingerprint density at radius 3 is 2.56 bits per heavy atom. The molecule has 0 aliphatic heterocycles. The van der Waals surface area contributed by atoms with E-state index in [1.165, 1.54) is 31.2 Å². The molecule has 0 atom stereocenters. The highest BCUT2D eigenvalue weighted by Gasteiger charge is 2.19. The molecule has 2 nitrogen and oxygen atoms in total. The molecule has 1 aliphatic rings. The SMILES string of the molecule is CCS(=O)(=O)c1cccc(C2CCCC2)c1. The van der Waals surface area contributed by atoms with Gasteiger partial charge in [-0.15, -0.1) is 0 Å². The molecule has 3 heteroatoms. The van der Waals surface area contributed by atoms with Crippen molar-refractivity contribution in [3.05, 3.63) is 29.8 Å². The van der Waals surface area contributed by atoms with E-state index in [-0.39, 0.29) is 5.75 Å². The molecular formula is C13H18O2S. The Labute approximate surface area is 97.6 Å². The molecule has 1 saturated carbocycles. The molecular weight excluding hydrogens is 220 g/mol. The average Bonchev–Trinajstić information content (AvgIpc) is 2.83. The van der Waals surface area contributed by atoms with Gasteiger partial charge in [0, 0.05) is 0 Å². The molecule has 1 aromatic carbocycles. The number of rotatable bonds is 3. The molecule has 0 unspecified atom stereocenters. The van der Waals surface area contributed by atoms with E-state index >= 15 is 0 Å². The highest BCUT2D eigenvalue weighted by molar-refractivity contribution is 7.91. The van der Waals surface area contributed by atoms with Gasteiger partial charge >= 0.3 is 0 Å². The first-order valence-electron chi connectivity index (χ1n) is 5.96. The van der Waals surface area contributed by atoms with Crippen molar-refractivity contribution < 1.29 is 8.42 Å². The maximum absolute atomic E-state index is 11.8. The number of benzene rings is 1. The maximum Gasteiger partial charge on any atom is 0.178 e. The molecule has 0 spiro atoms. The van der Waals surface area contributed by atoms with Gasteiger partial charge in [-0.05, 0) is 36.5 Å². The van der Waals surface area contributed by atoms with Crippen LogP contribution in [0.3, 0.4) is 0 Å². The van der Waals surface area contributed by atoms with Gasteiger partial charge in [0.1, 0.15) is 0 Å². The summed E-state index contributed by atoms with van der Waals surface area (Å²) in [6, 6.07) is 7.51. The van der Waals surface area contributed by atoms with Crippen LogP contribution in [0, 0.1) is 0 Å². The quantitative estimate of drug-likeness (QED) is 0.810. The minimum atomic E-state index is -3.05. The molecule has 0 N–H and O–H groups in total. The Kier molecular flexibility index (Phi) is 3.33. The van der Waals surface area contributed by atoms with Crippen molar-refractivity contribution in [1.82, 2.24) is 0 Å². The Morgan fingerprint density at radius 1 is 1.25 bits per heavy atom. The van der Waals surface area contributed by atoms with Crippen LogP contribution in [0.1, 0.15) is 44.1 Å². The summed E-state index contributed by atoms with van der Waals surface area (Å²) in [6.07, 6.45) is 4.95. The van der Waals surface area contributed by atoms with Gasteiger partial charge in [-0.1, -0.05) is 31.9 Å². The van der Waals surface area contributed by atoms with Crippen molar-refractivity contribution in [3.8, 4) is 0 Å². The van der Waals surface area contributed by atoms with Gasteiger partial charge in [0.2, 0.25) is 0 Å². The van der Waals surface area contributed by atoms with Crippen LogP contribution in [0.4, 0.5) is 0 Å². The lowest BCUT2D eigenvalue weighted by molar-refractivity contribution is 0.597. The number of hydrogen-bond donors (Lipinski definition) is 0. The molecule has 0 saturated heterocycles. The zero-order valence-corrected chi connectivity index (χ0v) is 10.5. The van der Waals surface area contributed by atoms with Crippen LogP contribution < -0.4 is 0 Å². The van der Waals surface area contributed by atoms with Gasteiger partial charge in [0.15, 0.2) is 9.84 Å². The van der Waals surface area contributed by atoms with E-state index in [2.05, 4.69) is 6.07 Å². The third kappa shape index (κ3) is 2.29. The summed E-state index contributed by atoms with van der Waals surface area (Å²) >= 11 is 0. The fourth-order valence-electron chi connectivity index (χ4n) is 2.39. The summed E-state index contributed by atoms with van der Waals surface area (Å²) < 4.78 is 23.5. The lowest BCUT2D eigenvalue weighted by Crippen LogP contribution is -2.04. The average molecular weight is 238 g/mol. The smallest absolute Gasteiger partial charge is 0.178 e. The van der Waals surface area contributed by atoms with Crippen molar-refractivity contribution in [2.24, 2.45) is 0 Å². The van der Waals surface area contributed by atoms with Crippen molar-refractivity contribution >= 4 is 9.84 Å². The molecule has 0 heterocycles. The topological polar surface area (TPSA) is 34.1 Å². The number of sulfone groups is 1. The normalized spacial score (nSPS) is 17.8. The van der Waals surface area contributed by atoms with E-state index < -0.39 is 9.84 Å². The molecule has 1 aromatic rings. The minimum Gasteiger partial charge on any atom is -0.224 e. The highest BCUT2D eigenvalue weighted by Crippen LogP contribution is 2.34. The van der Waals surface area contributed by atoms with E-state index in [1.807, 2.05) is 12.1 Å². The van der Waals surface area contributed by atoms with Crippen LogP contribution in [0.25, 0.3) is 0 Å². The van der Waals surface area contributed by atoms with Crippen LogP contribution in [-0.2, 0) is 9.84 Å². The lowest BCUT2D eigenvalue weighted by Gasteiger charge is -2.11. The second-order valence-corrected chi connectivity index (χ2v) is 6.74. The number of hydrogen-bond acceptors (Lipinski definition) is 2. The molecule has 2 rings (SSSR count). The van der Waals surface area contributed by atoms with Crippen molar-refractivity contribution in [3.63, 3.8) is 0 Å². The van der Waals surface area contributed by atoms with Gasteiger partial charge in [-0.2, -0.15) is 0 Å². The molecule has 0 aromatic heterocycles. The molecule has 0 bridgehead atoms. The van der Waals surface area contributed by atoms with E-state index in [0.717, 1.165) is 0 Å². The third-order valence-electron chi connectivity index (χ3n) is 3.42. The Hall–Kier alpha value is -0.830. The van der Waals surface area contributed by atoms with Crippen LogP contribution >= 0.6 is 0 Å². The predicted molar refractivity (Wildman–Crippen MR) is 65.4 cm³/mol. The largest absolute Gasteiger partial charge is 0.224 e. The van der Waals surface area contributed by atoms with E-state index in [0.29, 0.717) is 10.8 Å². The summed E-state index contributed by atoms with van der Waals surface area (Å²) in [5.74, 6) is 0.758. The zero-order chi connectivity index (χ0) is 11.6. The second-order valence-electron chi connectivity index (χ2n) is 4.46. The van der Waals surface area contributed by atoms with E-state index in [4.69, 9.17) is 0 Å². The Balaban J connectivity index is 2.33. The second kappa shape index (κ2) is 4.58. The summed E-state index contributed by atoms with van der Waals surface area (Å²) in [5.41, 5.74) is 1.20. The van der Waals surface area contributed by atoms with Gasteiger partial charge in [0.25, 0.3) is 0 Å².